The highest BCUT2D eigenvalue weighted by Crippen LogP contribution is 2.34. The van der Waals surface area contributed by atoms with Gasteiger partial charge in [0.2, 0.25) is 5.91 Å². The van der Waals surface area contributed by atoms with Crippen molar-refractivity contribution in [2.75, 3.05) is 39.3 Å². The Morgan fingerprint density at radius 1 is 1.04 bits per heavy atom. The van der Waals surface area contributed by atoms with Crippen LogP contribution in [0.15, 0.2) is 0 Å². The maximum Gasteiger partial charge on any atom is 0.325 e. The third-order valence-electron chi connectivity index (χ3n) is 5.64. The number of carbonyl (C=O) groups excluding carboxylic acids is 3. The van der Waals surface area contributed by atoms with Gasteiger partial charge < -0.3 is 10.2 Å². The Kier molecular flexibility index (Phi) is 4.79. The molecule has 4 amide bonds. The van der Waals surface area contributed by atoms with Gasteiger partial charge in [-0.2, -0.15) is 0 Å². The molecule has 0 aromatic heterocycles. The molecule has 1 N–H and O–H groups in total. The van der Waals surface area contributed by atoms with Crippen molar-refractivity contribution in [3.8, 4) is 0 Å². The highest BCUT2D eigenvalue weighted by atomic mass is 16.2. The number of hydrogen-bond acceptors (Lipinski definition) is 4. The minimum atomic E-state index is -0.616. The summed E-state index contributed by atoms with van der Waals surface area (Å²) in [6.45, 7) is 9.93. The topological polar surface area (TPSA) is 73.0 Å². The van der Waals surface area contributed by atoms with Gasteiger partial charge in [0.05, 0.1) is 0 Å². The molecule has 2 heterocycles. The zero-order valence-electron chi connectivity index (χ0n) is 15.6. The lowest BCUT2D eigenvalue weighted by Crippen LogP contribution is -2.53. The first-order chi connectivity index (χ1) is 11.7. The predicted molar refractivity (Wildman–Crippen MR) is 93.9 cm³/mol. The van der Waals surface area contributed by atoms with Crippen LogP contribution in [0, 0.1) is 5.41 Å². The first-order valence-corrected chi connectivity index (χ1v) is 9.39. The Hall–Kier alpha value is -1.63. The molecule has 0 radical (unpaired) electrons. The maximum atomic E-state index is 12.6. The average Bonchev–Trinajstić information content (AvgIpc) is 3.11. The van der Waals surface area contributed by atoms with Crippen LogP contribution in [0.2, 0.25) is 0 Å². The van der Waals surface area contributed by atoms with Crippen molar-refractivity contribution in [2.24, 2.45) is 5.41 Å². The van der Waals surface area contributed by atoms with E-state index in [0.717, 1.165) is 38.8 Å². The van der Waals surface area contributed by atoms with Gasteiger partial charge in [-0.15, -0.1) is 0 Å². The van der Waals surface area contributed by atoms with Crippen LogP contribution in [0.25, 0.3) is 0 Å². The Bertz CT molecular complexity index is 555. The smallest absolute Gasteiger partial charge is 0.325 e. The van der Waals surface area contributed by atoms with Crippen molar-refractivity contribution >= 4 is 17.8 Å². The van der Waals surface area contributed by atoms with Crippen LogP contribution >= 0.6 is 0 Å². The monoisotopic (exact) mass is 350 g/mol. The highest BCUT2D eigenvalue weighted by molar-refractivity contribution is 6.07. The fraction of sp³-hybridized carbons (Fsp3) is 0.833. The first-order valence-electron chi connectivity index (χ1n) is 9.39. The van der Waals surface area contributed by atoms with Crippen LogP contribution in [-0.2, 0) is 9.59 Å². The number of amides is 4. The van der Waals surface area contributed by atoms with Gasteiger partial charge in [0.15, 0.2) is 0 Å². The van der Waals surface area contributed by atoms with Gasteiger partial charge in [0, 0.05) is 44.7 Å². The van der Waals surface area contributed by atoms with Crippen LogP contribution in [0.5, 0.6) is 0 Å². The largest absolute Gasteiger partial charge is 0.340 e. The van der Waals surface area contributed by atoms with E-state index in [4.69, 9.17) is 0 Å². The molecule has 25 heavy (non-hydrogen) atoms. The fourth-order valence-corrected chi connectivity index (χ4v) is 4.09. The summed E-state index contributed by atoms with van der Waals surface area (Å²) in [5, 5.41) is 2.92. The average molecular weight is 350 g/mol. The summed E-state index contributed by atoms with van der Waals surface area (Å²) >= 11 is 0. The number of nitrogens with zero attached hydrogens (tertiary/aromatic N) is 3. The number of hydrogen-bond donors (Lipinski definition) is 1. The van der Waals surface area contributed by atoms with E-state index >= 15 is 0 Å². The van der Waals surface area contributed by atoms with Crippen molar-refractivity contribution in [3.63, 3.8) is 0 Å². The Labute approximate surface area is 149 Å². The molecule has 0 bridgehead atoms. The fourth-order valence-electron chi connectivity index (χ4n) is 4.09. The molecular formula is C18H30N4O3. The second-order valence-corrected chi connectivity index (χ2v) is 8.56. The van der Waals surface area contributed by atoms with Gasteiger partial charge in [0.25, 0.3) is 5.91 Å². The molecule has 0 aromatic rings. The molecular weight excluding hydrogens is 320 g/mol. The molecule has 3 rings (SSSR count). The molecule has 140 valence electrons. The van der Waals surface area contributed by atoms with Crippen molar-refractivity contribution < 1.29 is 14.4 Å². The second-order valence-electron chi connectivity index (χ2n) is 8.56. The molecule has 0 atom stereocenters. The summed E-state index contributed by atoms with van der Waals surface area (Å²) in [5.41, 5.74) is -0.966. The molecule has 1 saturated carbocycles. The molecule has 0 unspecified atom stereocenters. The lowest BCUT2D eigenvalue weighted by atomic mass is 9.94. The lowest BCUT2D eigenvalue weighted by molar-refractivity contribution is -0.141. The normalized spacial score (nSPS) is 24.3. The summed E-state index contributed by atoms with van der Waals surface area (Å²) in [6.07, 6.45) is 3.54. The minimum absolute atomic E-state index is 0.0449. The quantitative estimate of drug-likeness (QED) is 0.772. The van der Waals surface area contributed by atoms with E-state index in [2.05, 4.69) is 10.2 Å². The molecule has 7 nitrogen and oxygen atoms in total. The van der Waals surface area contributed by atoms with Crippen molar-refractivity contribution in [1.29, 1.82) is 0 Å². The standard InChI is InChI=1S/C18H30N4O3/c1-17(2,3)14(23)21-11-8-20(9-12-21)10-13-22-15(24)18(19-16(22)25)6-4-5-7-18/h4-13H2,1-3H3,(H,19,25). The molecule has 2 saturated heterocycles. The number of rotatable bonds is 3. The van der Waals surface area contributed by atoms with Crippen LogP contribution in [0.1, 0.15) is 46.5 Å². The van der Waals surface area contributed by atoms with Crippen LogP contribution in [-0.4, -0.2) is 77.4 Å². The SMILES string of the molecule is CC(C)(C)C(=O)N1CCN(CCN2C(=O)NC3(CCCC3)C2=O)CC1. The number of urea groups is 1. The van der Waals surface area contributed by atoms with E-state index in [-0.39, 0.29) is 23.3 Å². The van der Waals surface area contributed by atoms with E-state index in [1.807, 2.05) is 25.7 Å². The maximum absolute atomic E-state index is 12.6. The molecule has 7 heteroatoms. The van der Waals surface area contributed by atoms with E-state index in [1.165, 1.54) is 4.90 Å². The molecule has 3 aliphatic rings. The van der Waals surface area contributed by atoms with Crippen molar-refractivity contribution in [3.05, 3.63) is 0 Å². The van der Waals surface area contributed by atoms with Gasteiger partial charge in [-0.25, -0.2) is 4.79 Å². The molecule has 0 aromatic carbocycles. The second kappa shape index (κ2) is 6.59. The van der Waals surface area contributed by atoms with Gasteiger partial charge in [-0.1, -0.05) is 33.6 Å². The number of nitrogens with one attached hydrogen (secondary N) is 1. The van der Waals surface area contributed by atoms with E-state index in [1.54, 1.807) is 0 Å². The lowest BCUT2D eigenvalue weighted by Gasteiger charge is -2.38. The van der Waals surface area contributed by atoms with Crippen LogP contribution in [0.3, 0.4) is 0 Å². The third-order valence-corrected chi connectivity index (χ3v) is 5.64. The number of carbonyl (C=O) groups is 3. The Morgan fingerprint density at radius 3 is 2.20 bits per heavy atom. The van der Waals surface area contributed by atoms with E-state index in [9.17, 15) is 14.4 Å². The summed E-state index contributed by atoms with van der Waals surface area (Å²) in [6, 6.07) is -0.242. The zero-order valence-corrected chi connectivity index (χ0v) is 15.6. The highest BCUT2D eigenvalue weighted by Gasteiger charge is 2.52. The van der Waals surface area contributed by atoms with Crippen molar-refractivity contribution in [2.45, 2.75) is 52.0 Å². The first kappa shape index (κ1) is 18.2. The zero-order chi connectivity index (χ0) is 18.2. The van der Waals surface area contributed by atoms with Gasteiger partial charge in [-0.05, 0) is 12.8 Å². The molecule has 3 fully saturated rings. The van der Waals surface area contributed by atoms with E-state index in [0.29, 0.717) is 26.2 Å². The molecule has 1 spiro atoms. The Balaban J connectivity index is 1.48. The molecule has 1 aliphatic carbocycles. The summed E-state index contributed by atoms with van der Waals surface area (Å²) in [5.74, 6) is 0.140. The van der Waals surface area contributed by atoms with E-state index < -0.39 is 5.54 Å². The summed E-state index contributed by atoms with van der Waals surface area (Å²) < 4.78 is 0. The summed E-state index contributed by atoms with van der Waals surface area (Å²) in [7, 11) is 0. The summed E-state index contributed by atoms with van der Waals surface area (Å²) in [4.78, 5) is 42.7. The van der Waals surface area contributed by atoms with Gasteiger partial charge >= 0.3 is 6.03 Å². The third kappa shape index (κ3) is 3.52. The van der Waals surface area contributed by atoms with Crippen LogP contribution < -0.4 is 5.32 Å². The predicted octanol–water partition coefficient (Wildman–Crippen LogP) is 1.04. The van der Waals surface area contributed by atoms with Crippen LogP contribution in [0.4, 0.5) is 4.79 Å². The van der Waals surface area contributed by atoms with Gasteiger partial charge in [-0.3, -0.25) is 19.4 Å². The Morgan fingerprint density at radius 2 is 1.64 bits per heavy atom. The number of piperazine rings is 1. The molecule has 2 aliphatic heterocycles. The van der Waals surface area contributed by atoms with Crippen molar-refractivity contribution in [1.82, 2.24) is 20.0 Å². The van der Waals surface area contributed by atoms with Gasteiger partial charge in [0.1, 0.15) is 5.54 Å². The minimum Gasteiger partial charge on any atom is -0.340 e. The number of imide groups is 1.